The van der Waals surface area contributed by atoms with Crippen LogP contribution in [0, 0.1) is 6.92 Å². The van der Waals surface area contributed by atoms with Gasteiger partial charge in [-0.15, -0.1) is 11.3 Å². The average Bonchev–Trinajstić information content (AvgIpc) is 2.64. The molecule has 0 bridgehead atoms. The molecule has 3 nitrogen and oxygen atoms in total. The first-order valence-electron chi connectivity index (χ1n) is 5.25. The second-order valence-corrected chi connectivity index (χ2v) is 4.76. The van der Waals surface area contributed by atoms with E-state index in [2.05, 4.69) is 36.5 Å². The molecule has 15 heavy (non-hydrogen) atoms. The number of ether oxygens (including phenoxy) is 1. The van der Waals surface area contributed by atoms with Gasteiger partial charge in [-0.3, -0.25) is 0 Å². The average molecular weight is 228 g/mol. The number of aromatic nitrogens is 1. The van der Waals surface area contributed by atoms with Crippen molar-refractivity contribution in [3.8, 4) is 0 Å². The minimum Gasteiger partial charge on any atom is -0.379 e. The molecule has 0 aromatic carbocycles. The summed E-state index contributed by atoms with van der Waals surface area (Å²) < 4.78 is 5.44. The maximum absolute atomic E-state index is 5.44. The molecule has 0 amide bonds. The third-order valence-electron chi connectivity index (χ3n) is 2.77. The van der Waals surface area contributed by atoms with E-state index in [1.165, 1.54) is 0 Å². The Morgan fingerprint density at radius 2 is 2.33 bits per heavy atom. The molecule has 1 aromatic heterocycles. The lowest BCUT2D eigenvalue weighted by Gasteiger charge is -2.33. The lowest BCUT2D eigenvalue weighted by Crippen LogP contribution is -2.48. The topological polar surface area (TPSA) is 34.2 Å². The van der Waals surface area contributed by atoms with Crippen molar-refractivity contribution in [3.63, 3.8) is 0 Å². The van der Waals surface area contributed by atoms with E-state index < -0.39 is 0 Å². The van der Waals surface area contributed by atoms with Crippen LogP contribution in [0.3, 0.4) is 0 Å². The van der Waals surface area contributed by atoms with Crippen LogP contribution in [0.4, 0.5) is 0 Å². The second kappa shape index (κ2) is 5.05. The van der Waals surface area contributed by atoms with Crippen molar-refractivity contribution < 1.29 is 4.74 Å². The van der Waals surface area contributed by atoms with Gasteiger partial charge in [0, 0.05) is 18.2 Å². The van der Waals surface area contributed by atoms with Gasteiger partial charge in [0.25, 0.3) is 0 Å². The van der Waals surface area contributed by atoms with Crippen molar-refractivity contribution in [2.45, 2.75) is 39.3 Å². The van der Waals surface area contributed by atoms with Crippen molar-refractivity contribution >= 4 is 11.3 Å². The van der Waals surface area contributed by atoms with Crippen molar-refractivity contribution in [1.29, 1.82) is 0 Å². The van der Waals surface area contributed by atoms with E-state index in [4.69, 9.17) is 4.74 Å². The van der Waals surface area contributed by atoms with Crippen LogP contribution in [-0.2, 0) is 10.3 Å². The molecule has 0 fully saturated rings. The highest BCUT2D eigenvalue weighted by Gasteiger charge is 2.35. The number of hydrogen-bond acceptors (Lipinski definition) is 4. The molecule has 1 aromatic rings. The van der Waals surface area contributed by atoms with E-state index >= 15 is 0 Å². The number of methoxy groups -OCH3 is 1. The molecule has 1 rings (SSSR count). The first kappa shape index (κ1) is 12.6. The summed E-state index contributed by atoms with van der Waals surface area (Å²) in [4.78, 5) is 4.55. The van der Waals surface area contributed by atoms with Gasteiger partial charge in [0.2, 0.25) is 0 Å². The largest absolute Gasteiger partial charge is 0.379 e. The van der Waals surface area contributed by atoms with Crippen molar-refractivity contribution in [2.24, 2.45) is 0 Å². The summed E-state index contributed by atoms with van der Waals surface area (Å²) in [7, 11) is 1.74. The molecule has 0 radical (unpaired) electrons. The number of thiazole rings is 1. The molecular formula is C11H20N2OS. The van der Waals surface area contributed by atoms with Crippen molar-refractivity contribution in [1.82, 2.24) is 10.3 Å². The maximum Gasteiger partial charge on any atom is 0.115 e. The minimum absolute atomic E-state index is 0.1000. The van der Waals surface area contributed by atoms with Crippen LogP contribution in [0.2, 0.25) is 0 Å². The van der Waals surface area contributed by atoms with Gasteiger partial charge in [0.05, 0.1) is 11.6 Å². The molecule has 1 heterocycles. The predicted molar refractivity (Wildman–Crippen MR) is 64.4 cm³/mol. The van der Waals surface area contributed by atoms with Crippen molar-refractivity contribution in [3.05, 3.63) is 16.1 Å². The Morgan fingerprint density at radius 1 is 1.67 bits per heavy atom. The first-order valence-corrected chi connectivity index (χ1v) is 6.13. The second-order valence-electron chi connectivity index (χ2n) is 3.90. The molecule has 0 aliphatic heterocycles. The van der Waals surface area contributed by atoms with Gasteiger partial charge in [-0.2, -0.15) is 0 Å². The molecule has 86 valence electrons. The molecule has 1 N–H and O–H groups in total. The van der Waals surface area contributed by atoms with E-state index in [0.717, 1.165) is 17.2 Å². The highest BCUT2D eigenvalue weighted by atomic mass is 32.1. The Kier molecular flexibility index (Phi) is 4.25. The summed E-state index contributed by atoms with van der Waals surface area (Å²) in [6, 6.07) is 0. The van der Waals surface area contributed by atoms with Gasteiger partial charge in [-0.05, 0) is 27.3 Å². The Labute approximate surface area is 95.9 Å². The Bertz CT molecular complexity index is 313. The van der Waals surface area contributed by atoms with Gasteiger partial charge in [0.1, 0.15) is 5.01 Å². The summed E-state index contributed by atoms with van der Waals surface area (Å²) in [6.45, 7) is 9.23. The lowest BCUT2D eigenvalue weighted by molar-refractivity contribution is 0.0369. The fourth-order valence-electron chi connectivity index (χ4n) is 1.59. The zero-order valence-electron chi connectivity index (χ0n) is 10.1. The zero-order chi connectivity index (χ0) is 11.5. The number of nitrogens with zero attached hydrogens (tertiary/aromatic N) is 1. The smallest absolute Gasteiger partial charge is 0.115 e. The summed E-state index contributed by atoms with van der Waals surface area (Å²) in [5, 5.41) is 6.63. The van der Waals surface area contributed by atoms with Crippen LogP contribution in [-0.4, -0.2) is 24.7 Å². The van der Waals surface area contributed by atoms with Gasteiger partial charge in [0.15, 0.2) is 0 Å². The number of nitrogens with one attached hydrogen (secondary N) is 1. The molecular weight excluding hydrogens is 208 g/mol. The summed E-state index contributed by atoms with van der Waals surface area (Å²) >= 11 is 1.69. The summed E-state index contributed by atoms with van der Waals surface area (Å²) in [5.74, 6) is 0. The van der Waals surface area contributed by atoms with Crippen LogP contribution >= 0.6 is 11.3 Å². The fourth-order valence-corrected chi connectivity index (χ4v) is 2.60. The third kappa shape index (κ3) is 2.56. The van der Waals surface area contributed by atoms with Crippen LogP contribution in [0.15, 0.2) is 5.38 Å². The standard InChI is InChI=1S/C11H20N2OS/c1-6-12-11(4,9(3)14-5)10-13-8(2)7-15-10/h7,9,12H,6H2,1-5H3. The van der Waals surface area contributed by atoms with Crippen LogP contribution < -0.4 is 5.32 Å². The zero-order valence-corrected chi connectivity index (χ0v) is 10.9. The Balaban J connectivity index is 3.00. The molecule has 0 saturated heterocycles. The number of likely N-dealkylation sites (N-methyl/N-ethyl adjacent to an activating group) is 1. The highest BCUT2D eigenvalue weighted by molar-refractivity contribution is 7.09. The van der Waals surface area contributed by atoms with Crippen LogP contribution in [0.5, 0.6) is 0 Å². The van der Waals surface area contributed by atoms with E-state index in [1.54, 1.807) is 18.4 Å². The Hall–Kier alpha value is -0.450. The number of aryl methyl sites for hydroxylation is 1. The van der Waals surface area contributed by atoms with Gasteiger partial charge < -0.3 is 10.1 Å². The SMILES string of the molecule is CCNC(C)(c1nc(C)cs1)C(C)OC. The first-order chi connectivity index (χ1) is 7.04. The van der Waals surface area contributed by atoms with Gasteiger partial charge in [-0.1, -0.05) is 6.92 Å². The Morgan fingerprint density at radius 3 is 2.73 bits per heavy atom. The van der Waals surface area contributed by atoms with Crippen LogP contribution in [0.25, 0.3) is 0 Å². The summed E-state index contributed by atoms with van der Waals surface area (Å²) in [6.07, 6.45) is 0.1000. The molecule has 0 spiro atoms. The third-order valence-corrected chi connectivity index (χ3v) is 3.97. The lowest BCUT2D eigenvalue weighted by atomic mass is 9.96. The monoisotopic (exact) mass is 228 g/mol. The molecule has 4 heteroatoms. The quantitative estimate of drug-likeness (QED) is 0.839. The van der Waals surface area contributed by atoms with E-state index in [0.29, 0.717) is 0 Å². The normalized spacial score (nSPS) is 17.4. The van der Waals surface area contributed by atoms with Crippen molar-refractivity contribution in [2.75, 3.05) is 13.7 Å². The minimum atomic E-state index is -0.192. The van der Waals surface area contributed by atoms with E-state index in [9.17, 15) is 0 Å². The molecule has 0 aliphatic carbocycles. The van der Waals surface area contributed by atoms with E-state index in [1.807, 2.05) is 6.92 Å². The highest BCUT2D eigenvalue weighted by Crippen LogP contribution is 2.29. The number of rotatable bonds is 5. The number of hydrogen-bond donors (Lipinski definition) is 1. The summed E-state index contributed by atoms with van der Waals surface area (Å²) in [5.41, 5.74) is 0.880. The predicted octanol–water partition coefficient (Wildman–Crippen LogP) is 2.31. The van der Waals surface area contributed by atoms with Gasteiger partial charge >= 0.3 is 0 Å². The van der Waals surface area contributed by atoms with E-state index in [-0.39, 0.29) is 11.6 Å². The maximum atomic E-state index is 5.44. The molecule has 0 saturated carbocycles. The molecule has 0 aliphatic rings. The van der Waals surface area contributed by atoms with Crippen LogP contribution in [0.1, 0.15) is 31.5 Å². The molecule has 2 atom stereocenters. The fraction of sp³-hybridized carbons (Fsp3) is 0.727. The molecule has 2 unspecified atom stereocenters. The van der Waals surface area contributed by atoms with Gasteiger partial charge in [-0.25, -0.2) is 4.98 Å².